The first-order valence-electron chi connectivity index (χ1n) is 9.59. The molecule has 0 spiro atoms. The molecule has 0 atom stereocenters. The van der Waals surface area contributed by atoms with Gasteiger partial charge in [-0.1, -0.05) is 23.7 Å². The summed E-state index contributed by atoms with van der Waals surface area (Å²) in [7, 11) is 0. The Balaban J connectivity index is 1.55. The number of amides is 2. The first-order valence-corrected chi connectivity index (χ1v) is 9.97. The maximum absolute atomic E-state index is 13.3. The quantitative estimate of drug-likeness (QED) is 0.656. The number of carbonyl (C=O) groups excluding carboxylic acids is 2. The summed E-state index contributed by atoms with van der Waals surface area (Å²) in [4.78, 5) is 24.6. The first-order chi connectivity index (χ1) is 14.5. The average Bonchev–Trinajstić information content (AvgIpc) is 3.26. The lowest BCUT2D eigenvalue weighted by Gasteiger charge is -2.36. The third-order valence-electron chi connectivity index (χ3n) is 5.41. The fraction of sp³-hybridized carbons (Fsp3) is 0.227. The second-order valence-electron chi connectivity index (χ2n) is 7.21. The number of nitrogens with zero attached hydrogens (tertiary/aromatic N) is 2. The number of nitrogens with two attached hydrogens (primary N) is 1. The van der Waals surface area contributed by atoms with Crippen LogP contribution in [0.1, 0.15) is 28.9 Å². The van der Waals surface area contributed by atoms with Crippen molar-refractivity contribution in [1.82, 2.24) is 9.78 Å². The van der Waals surface area contributed by atoms with Crippen LogP contribution < -0.4 is 11.1 Å². The van der Waals surface area contributed by atoms with Gasteiger partial charge >= 0.3 is 0 Å². The van der Waals surface area contributed by atoms with E-state index in [9.17, 15) is 9.59 Å². The third-order valence-corrected chi connectivity index (χ3v) is 5.66. The third kappa shape index (κ3) is 3.94. The van der Waals surface area contributed by atoms with Crippen molar-refractivity contribution in [2.45, 2.75) is 18.3 Å². The van der Waals surface area contributed by atoms with E-state index in [0.717, 1.165) is 11.3 Å². The largest absolute Gasteiger partial charge is 0.381 e. The zero-order valence-electron chi connectivity index (χ0n) is 16.2. The lowest BCUT2D eigenvalue weighted by atomic mass is 9.73. The fourth-order valence-corrected chi connectivity index (χ4v) is 3.81. The molecule has 1 aromatic heterocycles. The summed E-state index contributed by atoms with van der Waals surface area (Å²) in [5.41, 5.74) is 7.12. The number of halogens is 1. The zero-order chi connectivity index (χ0) is 21.1. The van der Waals surface area contributed by atoms with Crippen molar-refractivity contribution in [3.8, 4) is 5.69 Å². The van der Waals surface area contributed by atoms with Crippen molar-refractivity contribution in [2.24, 2.45) is 5.73 Å². The van der Waals surface area contributed by atoms with Gasteiger partial charge in [0.15, 0.2) is 0 Å². The molecule has 0 radical (unpaired) electrons. The van der Waals surface area contributed by atoms with Crippen LogP contribution in [0.15, 0.2) is 60.8 Å². The van der Waals surface area contributed by atoms with E-state index in [1.165, 1.54) is 0 Å². The van der Waals surface area contributed by atoms with Crippen LogP contribution in [0.3, 0.4) is 0 Å². The maximum Gasteiger partial charge on any atom is 0.269 e. The van der Waals surface area contributed by atoms with Crippen LogP contribution in [0.25, 0.3) is 5.69 Å². The molecule has 0 unspecified atom stereocenters. The number of ether oxygens (including phenoxy) is 1. The highest BCUT2D eigenvalue weighted by Crippen LogP contribution is 2.36. The summed E-state index contributed by atoms with van der Waals surface area (Å²) < 4.78 is 7.06. The molecule has 1 fully saturated rings. The van der Waals surface area contributed by atoms with Gasteiger partial charge in [0.1, 0.15) is 5.69 Å². The predicted molar refractivity (Wildman–Crippen MR) is 114 cm³/mol. The van der Waals surface area contributed by atoms with Gasteiger partial charge in [-0.05, 0) is 60.9 Å². The molecular weight excluding hydrogens is 404 g/mol. The number of hydrogen-bond acceptors (Lipinski definition) is 4. The minimum absolute atomic E-state index is 0.0732. The molecule has 1 saturated heterocycles. The highest BCUT2D eigenvalue weighted by molar-refractivity contribution is 6.30. The summed E-state index contributed by atoms with van der Waals surface area (Å²) in [5.74, 6) is -0.655. The van der Waals surface area contributed by atoms with E-state index in [1.54, 1.807) is 41.2 Å². The number of benzene rings is 2. The molecule has 3 aromatic rings. The van der Waals surface area contributed by atoms with Crippen LogP contribution in [-0.2, 0) is 14.9 Å². The Bertz CT molecular complexity index is 1050. The van der Waals surface area contributed by atoms with Gasteiger partial charge in [0, 0.05) is 30.1 Å². The molecule has 30 heavy (non-hydrogen) atoms. The maximum atomic E-state index is 13.3. The van der Waals surface area contributed by atoms with Crippen molar-refractivity contribution in [3.63, 3.8) is 0 Å². The first kappa shape index (κ1) is 20.1. The molecule has 154 valence electrons. The molecule has 1 aliphatic heterocycles. The number of aromatic nitrogens is 2. The van der Waals surface area contributed by atoms with Crippen molar-refractivity contribution in [2.75, 3.05) is 18.5 Å². The monoisotopic (exact) mass is 424 g/mol. The number of anilines is 1. The van der Waals surface area contributed by atoms with Crippen LogP contribution in [0.4, 0.5) is 5.69 Å². The lowest BCUT2D eigenvalue weighted by Crippen LogP contribution is -2.44. The summed E-state index contributed by atoms with van der Waals surface area (Å²) in [6.45, 7) is 1.05. The van der Waals surface area contributed by atoms with E-state index >= 15 is 0 Å². The standard InChI is InChI=1S/C22H21ClN4O3/c23-16-3-1-15(2-4-16)22(10-13-30-14-11-22)21(29)25-17-5-7-18(8-6-17)27-12-9-19(26-27)20(24)28/h1-9,12H,10-11,13-14H2,(H2,24,28)(H,25,29). The van der Waals surface area contributed by atoms with E-state index < -0.39 is 11.3 Å². The Kier molecular flexibility index (Phi) is 5.57. The lowest BCUT2D eigenvalue weighted by molar-refractivity contribution is -0.125. The molecule has 8 heteroatoms. The molecule has 0 bridgehead atoms. The van der Waals surface area contributed by atoms with Crippen LogP contribution in [-0.4, -0.2) is 34.8 Å². The molecule has 2 heterocycles. The number of primary amides is 1. The van der Waals surface area contributed by atoms with Gasteiger partial charge < -0.3 is 15.8 Å². The molecule has 2 aromatic carbocycles. The number of nitrogens with one attached hydrogen (secondary N) is 1. The highest BCUT2D eigenvalue weighted by Gasteiger charge is 2.41. The van der Waals surface area contributed by atoms with Gasteiger partial charge in [-0.15, -0.1) is 0 Å². The van der Waals surface area contributed by atoms with Crippen LogP contribution in [0, 0.1) is 0 Å². The summed E-state index contributed by atoms with van der Waals surface area (Å²) in [6, 6.07) is 16.2. The highest BCUT2D eigenvalue weighted by atomic mass is 35.5. The van der Waals surface area contributed by atoms with E-state index in [4.69, 9.17) is 22.1 Å². The van der Waals surface area contributed by atoms with Gasteiger partial charge in [0.2, 0.25) is 5.91 Å². The van der Waals surface area contributed by atoms with Crippen molar-refractivity contribution >= 4 is 29.1 Å². The Labute approximate surface area is 178 Å². The average molecular weight is 425 g/mol. The smallest absolute Gasteiger partial charge is 0.269 e. The second-order valence-corrected chi connectivity index (χ2v) is 7.65. The van der Waals surface area contributed by atoms with E-state index in [1.807, 2.05) is 24.3 Å². The van der Waals surface area contributed by atoms with Crippen LogP contribution in [0.2, 0.25) is 5.02 Å². The topological polar surface area (TPSA) is 99.2 Å². The van der Waals surface area contributed by atoms with E-state index in [-0.39, 0.29) is 11.6 Å². The Morgan fingerprint density at radius 1 is 1.03 bits per heavy atom. The molecule has 4 rings (SSSR count). The van der Waals surface area contributed by atoms with Gasteiger partial charge in [0.05, 0.1) is 11.1 Å². The van der Waals surface area contributed by atoms with Crippen molar-refractivity contribution in [1.29, 1.82) is 0 Å². The zero-order valence-corrected chi connectivity index (χ0v) is 16.9. The molecular formula is C22H21ClN4O3. The molecule has 1 aliphatic rings. The number of carbonyl (C=O) groups is 2. The molecule has 7 nitrogen and oxygen atoms in total. The minimum atomic E-state index is -0.667. The summed E-state index contributed by atoms with van der Waals surface area (Å²) in [5, 5.41) is 7.80. The SMILES string of the molecule is NC(=O)c1ccn(-c2ccc(NC(=O)C3(c4ccc(Cl)cc4)CCOCC3)cc2)n1. The minimum Gasteiger partial charge on any atom is -0.381 e. The van der Waals surface area contributed by atoms with Crippen LogP contribution in [0.5, 0.6) is 0 Å². The number of hydrogen-bond donors (Lipinski definition) is 2. The molecule has 3 N–H and O–H groups in total. The Hall–Kier alpha value is -3.16. The van der Waals surface area contributed by atoms with Crippen molar-refractivity contribution < 1.29 is 14.3 Å². The fourth-order valence-electron chi connectivity index (χ4n) is 3.68. The van der Waals surface area contributed by atoms with E-state index in [2.05, 4.69) is 10.4 Å². The summed E-state index contributed by atoms with van der Waals surface area (Å²) >= 11 is 6.03. The van der Waals surface area contributed by atoms with Gasteiger partial charge in [-0.2, -0.15) is 5.10 Å². The van der Waals surface area contributed by atoms with Gasteiger partial charge in [-0.25, -0.2) is 4.68 Å². The molecule has 0 saturated carbocycles. The Morgan fingerprint density at radius 2 is 1.70 bits per heavy atom. The molecule has 0 aliphatic carbocycles. The number of rotatable bonds is 5. The van der Waals surface area contributed by atoms with Crippen molar-refractivity contribution in [3.05, 3.63) is 77.1 Å². The van der Waals surface area contributed by atoms with Gasteiger partial charge in [-0.3, -0.25) is 9.59 Å². The predicted octanol–water partition coefficient (Wildman–Crippen LogP) is 3.31. The Morgan fingerprint density at radius 3 is 2.30 bits per heavy atom. The normalized spacial score (nSPS) is 15.5. The van der Waals surface area contributed by atoms with Crippen LogP contribution >= 0.6 is 11.6 Å². The summed E-state index contributed by atoms with van der Waals surface area (Å²) in [6.07, 6.45) is 2.86. The van der Waals surface area contributed by atoms with Gasteiger partial charge in [0.25, 0.3) is 5.91 Å². The molecule has 2 amide bonds. The van der Waals surface area contributed by atoms with E-state index in [0.29, 0.717) is 36.8 Å². The second kappa shape index (κ2) is 8.30.